The van der Waals surface area contributed by atoms with Gasteiger partial charge < -0.3 is 15.4 Å². The molecule has 1 saturated heterocycles. The van der Waals surface area contributed by atoms with Gasteiger partial charge in [0.05, 0.1) is 6.61 Å². The normalized spacial score (nSPS) is 19.4. The van der Waals surface area contributed by atoms with Crippen LogP contribution < -0.4 is 15.4 Å². The summed E-state index contributed by atoms with van der Waals surface area (Å²) in [6.45, 7) is 11.4. The van der Waals surface area contributed by atoms with Crippen molar-refractivity contribution in [3.63, 3.8) is 0 Å². The van der Waals surface area contributed by atoms with Crippen molar-refractivity contribution in [1.82, 2.24) is 15.0 Å². The van der Waals surface area contributed by atoms with Crippen molar-refractivity contribution >= 4 is 11.9 Å². The molecule has 112 valence electrons. The van der Waals surface area contributed by atoms with E-state index in [-0.39, 0.29) is 5.95 Å². The molecule has 1 atom stereocenters. The average molecular weight is 279 g/mol. The Balaban J connectivity index is 2.11. The first-order valence-corrected chi connectivity index (χ1v) is 7.29. The third-order valence-corrected chi connectivity index (χ3v) is 3.75. The first-order chi connectivity index (χ1) is 9.40. The molecule has 1 aromatic heterocycles. The fraction of sp³-hybridized carbons (Fsp3) is 0.786. The summed E-state index contributed by atoms with van der Waals surface area (Å²) in [6, 6.07) is 0.327. The summed E-state index contributed by atoms with van der Waals surface area (Å²) in [6.07, 6.45) is 2.07. The van der Waals surface area contributed by atoms with Gasteiger partial charge in [-0.1, -0.05) is 27.7 Å². The van der Waals surface area contributed by atoms with Crippen molar-refractivity contribution in [2.45, 2.75) is 40.5 Å². The first-order valence-electron chi connectivity index (χ1n) is 7.29. The molecule has 0 amide bonds. The van der Waals surface area contributed by atoms with Gasteiger partial charge in [0.15, 0.2) is 0 Å². The topological polar surface area (TPSA) is 77.2 Å². The van der Waals surface area contributed by atoms with Crippen LogP contribution >= 0.6 is 0 Å². The largest absolute Gasteiger partial charge is 0.463 e. The van der Waals surface area contributed by atoms with E-state index in [0.29, 0.717) is 29.9 Å². The fourth-order valence-corrected chi connectivity index (χ4v) is 2.41. The van der Waals surface area contributed by atoms with Crippen LogP contribution in [0.1, 0.15) is 40.5 Å². The lowest BCUT2D eigenvalue weighted by Crippen LogP contribution is -2.27. The Labute approximate surface area is 120 Å². The molecule has 0 spiro atoms. The molecule has 1 aliphatic rings. The van der Waals surface area contributed by atoms with Crippen molar-refractivity contribution in [2.75, 3.05) is 30.3 Å². The standard InChI is InChI=1S/C14H25N5O/c1-5-8-20-13-17-11(15)16-12(18-13)19-7-6-10(9-19)14(2,3)4/h10H,5-9H2,1-4H3,(H2,15,16,17,18). The highest BCUT2D eigenvalue weighted by Gasteiger charge is 2.33. The molecule has 0 bridgehead atoms. The summed E-state index contributed by atoms with van der Waals surface area (Å²) in [7, 11) is 0. The van der Waals surface area contributed by atoms with Crippen molar-refractivity contribution in [2.24, 2.45) is 11.3 Å². The Morgan fingerprint density at radius 1 is 1.30 bits per heavy atom. The Morgan fingerprint density at radius 2 is 2.05 bits per heavy atom. The predicted octanol–water partition coefficient (Wildman–Crippen LogP) is 2.12. The zero-order valence-electron chi connectivity index (χ0n) is 12.9. The third kappa shape index (κ3) is 3.49. The van der Waals surface area contributed by atoms with Crippen LogP contribution in [0.15, 0.2) is 0 Å². The van der Waals surface area contributed by atoms with Gasteiger partial charge in [0.1, 0.15) is 0 Å². The van der Waals surface area contributed by atoms with Crippen LogP contribution in [0.25, 0.3) is 0 Å². The number of ether oxygens (including phenoxy) is 1. The highest BCUT2D eigenvalue weighted by atomic mass is 16.5. The Morgan fingerprint density at radius 3 is 2.65 bits per heavy atom. The minimum Gasteiger partial charge on any atom is -0.463 e. The molecule has 6 heteroatoms. The van der Waals surface area contributed by atoms with Crippen LogP contribution in [0, 0.1) is 11.3 Å². The van der Waals surface area contributed by atoms with E-state index >= 15 is 0 Å². The van der Waals surface area contributed by atoms with Crippen LogP contribution in [-0.4, -0.2) is 34.6 Å². The van der Waals surface area contributed by atoms with Crippen molar-refractivity contribution < 1.29 is 4.74 Å². The lowest BCUT2D eigenvalue weighted by Gasteiger charge is -2.26. The third-order valence-electron chi connectivity index (χ3n) is 3.75. The van der Waals surface area contributed by atoms with Crippen LogP contribution in [0.3, 0.4) is 0 Å². The number of nitrogens with two attached hydrogens (primary N) is 1. The zero-order chi connectivity index (χ0) is 14.8. The number of anilines is 2. The number of aromatic nitrogens is 3. The van der Waals surface area contributed by atoms with Gasteiger partial charge in [0.25, 0.3) is 0 Å². The molecule has 0 saturated carbocycles. The zero-order valence-corrected chi connectivity index (χ0v) is 12.9. The summed E-state index contributed by atoms with van der Waals surface area (Å²) < 4.78 is 5.46. The van der Waals surface area contributed by atoms with Crippen LogP contribution in [0.5, 0.6) is 6.01 Å². The molecule has 2 N–H and O–H groups in total. The summed E-state index contributed by atoms with van der Waals surface area (Å²) in [5.41, 5.74) is 6.05. The van der Waals surface area contributed by atoms with E-state index in [1.54, 1.807) is 0 Å². The van der Waals surface area contributed by atoms with Gasteiger partial charge in [-0.15, -0.1) is 0 Å². The molecule has 1 fully saturated rings. The van der Waals surface area contributed by atoms with Gasteiger partial charge in [-0.25, -0.2) is 0 Å². The van der Waals surface area contributed by atoms with Gasteiger partial charge in [0.2, 0.25) is 11.9 Å². The minimum atomic E-state index is 0.223. The van der Waals surface area contributed by atoms with E-state index in [4.69, 9.17) is 10.5 Å². The van der Waals surface area contributed by atoms with Gasteiger partial charge in [-0.3, -0.25) is 0 Å². The maximum Gasteiger partial charge on any atom is 0.323 e. The van der Waals surface area contributed by atoms with Crippen molar-refractivity contribution in [3.05, 3.63) is 0 Å². The first kappa shape index (κ1) is 14.8. The van der Waals surface area contributed by atoms with Crippen LogP contribution in [0.2, 0.25) is 0 Å². The van der Waals surface area contributed by atoms with Gasteiger partial charge in [-0.05, 0) is 24.2 Å². The molecule has 0 radical (unpaired) electrons. The van der Waals surface area contributed by atoms with E-state index in [1.807, 2.05) is 6.92 Å². The lowest BCUT2D eigenvalue weighted by atomic mass is 9.80. The van der Waals surface area contributed by atoms with E-state index in [1.165, 1.54) is 0 Å². The molecule has 0 aromatic carbocycles. The number of hydrogen-bond acceptors (Lipinski definition) is 6. The van der Waals surface area contributed by atoms with E-state index in [9.17, 15) is 0 Å². The van der Waals surface area contributed by atoms with Crippen molar-refractivity contribution in [1.29, 1.82) is 0 Å². The second kappa shape index (κ2) is 5.81. The molecule has 1 aromatic rings. The number of hydrogen-bond donors (Lipinski definition) is 1. The highest BCUT2D eigenvalue weighted by Crippen LogP contribution is 2.34. The molecule has 0 aliphatic carbocycles. The molecule has 20 heavy (non-hydrogen) atoms. The maximum atomic E-state index is 5.75. The van der Waals surface area contributed by atoms with Crippen molar-refractivity contribution in [3.8, 4) is 6.01 Å². The predicted molar refractivity (Wildman–Crippen MR) is 79.8 cm³/mol. The van der Waals surface area contributed by atoms with Crippen LogP contribution in [0.4, 0.5) is 11.9 Å². The van der Waals surface area contributed by atoms with Gasteiger partial charge in [-0.2, -0.15) is 15.0 Å². The van der Waals surface area contributed by atoms with Crippen LogP contribution in [-0.2, 0) is 0 Å². The monoisotopic (exact) mass is 279 g/mol. The molecular weight excluding hydrogens is 254 g/mol. The van der Waals surface area contributed by atoms with E-state index in [0.717, 1.165) is 25.9 Å². The highest BCUT2D eigenvalue weighted by molar-refractivity contribution is 5.37. The lowest BCUT2D eigenvalue weighted by molar-refractivity contribution is 0.263. The Bertz CT molecular complexity index is 457. The Kier molecular flexibility index (Phi) is 4.30. The van der Waals surface area contributed by atoms with Gasteiger partial charge >= 0.3 is 6.01 Å². The summed E-state index contributed by atoms with van der Waals surface area (Å²) in [5.74, 6) is 1.50. The van der Waals surface area contributed by atoms with Gasteiger partial charge in [0, 0.05) is 13.1 Å². The van der Waals surface area contributed by atoms with E-state index in [2.05, 4.69) is 40.6 Å². The smallest absolute Gasteiger partial charge is 0.323 e. The fourth-order valence-electron chi connectivity index (χ4n) is 2.41. The molecular formula is C14H25N5O. The maximum absolute atomic E-state index is 5.75. The second-order valence-corrected chi connectivity index (χ2v) is 6.42. The Hall–Kier alpha value is -1.59. The summed E-state index contributed by atoms with van der Waals surface area (Å²) >= 11 is 0. The molecule has 2 rings (SSSR count). The molecule has 6 nitrogen and oxygen atoms in total. The number of rotatable bonds is 4. The SMILES string of the molecule is CCCOc1nc(N)nc(N2CCC(C(C)(C)C)C2)n1. The summed E-state index contributed by atoms with van der Waals surface area (Å²) in [4.78, 5) is 14.8. The quantitative estimate of drug-likeness (QED) is 0.909. The average Bonchev–Trinajstić information content (AvgIpc) is 2.85. The number of nitrogen functional groups attached to an aromatic ring is 1. The second-order valence-electron chi connectivity index (χ2n) is 6.42. The number of nitrogens with zero attached hydrogens (tertiary/aromatic N) is 4. The van der Waals surface area contributed by atoms with E-state index < -0.39 is 0 Å². The summed E-state index contributed by atoms with van der Waals surface area (Å²) in [5, 5.41) is 0. The molecule has 2 heterocycles. The molecule has 1 aliphatic heterocycles. The molecule has 1 unspecified atom stereocenters. The minimum absolute atomic E-state index is 0.223.